The Kier molecular flexibility index (Phi) is 6.88. The fourth-order valence-electron chi connectivity index (χ4n) is 4.23. The van der Waals surface area contributed by atoms with Gasteiger partial charge in [-0.05, 0) is 41.9 Å². The van der Waals surface area contributed by atoms with Crippen LogP contribution in [0.1, 0.15) is 41.8 Å². The van der Waals surface area contributed by atoms with Crippen LogP contribution in [0.3, 0.4) is 0 Å². The molecule has 1 saturated carbocycles. The van der Waals surface area contributed by atoms with Crippen molar-refractivity contribution in [2.45, 2.75) is 37.6 Å². The van der Waals surface area contributed by atoms with Gasteiger partial charge in [-0.25, -0.2) is 0 Å². The SMILES string of the molecule is Bc1ccc(C(=O)NC2(C(=O)Nc3ccc(N4CCOCC4=O)c(Cl)c3)CCCCC2)s1. The van der Waals surface area contributed by atoms with Gasteiger partial charge in [0.1, 0.15) is 12.1 Å². The monoisotopic (exact) mass is 473 g/mol. The van der Waals surface area contributed by atoms with Gasteiger partial charge in [0.2, 0.25) is 5.91 Å². The second-order valence-corrected chi connectivity index (χ2v) is 9.92. The smallest absolute Gasteiger partial charge is 0.262 e. The summed E-state index contributed by atoms with van der Waals surface area (Å²) < 4.78 is 6.21. The summed E-state index contributed by atoms with van der Waals surface area (Å²) in [6.07, 6.45) is 3.95. The number of morpholine rings is 1. The lowest BCUT2D eigenvalue weighted by molar-refractivity contribution is -0.125. The number of rotatable bonds is 5. The minimum atomic E-state index is -0.960. The maximum atomic E-state index is 13.4. The number of hydrogen-bond donors (Lipinski definition) is 2. The molecule has 168 valence electrons. The van der Waals surface area contributed by atoms with E-state index in [-0.39, 0.29) is 24.3 Å². The van der Waals surface area contributed by atoms with Crippen molar-refractivity contribution in [1.82, 2.24) is 5.32 Å². The highest BCUT2D eigenvalue weighted by atomic mass is 35.5. The van der Waals surface area contributed by atoms with Crippen LogP contribution in [-0.2, 0) is 14.3 Å². The van der Waals surface area contributed by atoms with Crippen molar-refractivity contribution in [2.75, 3.05) is 30.0 Å². The first-order chi connectivity index (χ1) is 15.4. The van der Waals surface area contributed by atoms with Gasteiger partial charge in [-0.3, -0.25) is 14.4 Å². The standard InChI is InChI=1S/C22H25BClN3O4S/c23-18-7-6-17(32-18)20(29)26-22(8-2-1-3-9-22)21(30)25-14-4-5-16(15(24)12-14)27-10-11-31-13-19(27)28/h4-7,12H,1-3,8-11,13,23H2,(H,25,30)(H,26,29). The molecule has 32 heavy (non-hydrogen) atoms. The average Bonchev–Trinajstić information content (AvgIpc) is 3.22. The van der Waals surface area contributed by atoms with Gasteiger partial charge in [-0.2, -0.15) is 0 Å². The molecule has 1 saturated heterocycles. The highest BCUT2D eigenvalue weighted by Gasteiger charge is 2.41. The summed E-state index contributed by atoms with van der Waals surface area (Å²) in [5, 5.41) is 6.33. The number of nitrogens with zero attached hydrogens (tertiary/aromatic N) is 1. The molecule has 2 N–H and O–H groups in total. The van der Waals surface area contributed by atoms with Gasteiger partial charge in [-0.15, -0.1) is 11.3 Å². The normalized spacial score (nSPS) is 18.3. The van der Waals surface area contributed by atoms with Crippen molar-refractivity contribution in [3.8, 4) is 0 Å². The summed E-state index contributed by atoms with van der Waals surface area (Å²) >= 11 is 7.86. The van der Waals surface area contributed by atoms with E-state index in [1.165, 1.54) is 11.3 Å². The summed E-state index contributed by atoms with van der Waals surface area (Å²) in [4.78, 5) is 40.5. The Bertz CT molecular complexity index is 1040. The third-order valence-corrected chi connectivity index (χ3v) is 7.24. The molecule has 1 aliphatic carbocycles. The molecule has 7 nitrogen and oxygen atoms in total. The molecule has 1 aromatic heterocycles. The van der Waals surface area contributed by atoms with E-state index in [1.807, 2.05) is 13.9 Å². The number of nitrogens with one attached hydrogen (secondary N) is 2. The van der Waals surface area contributed by atoms with Crippen molar-refractivity contribution in [1.29, 1.82) is 0 Å². The molecular weight excluding hydrogens is 449 g/mol. The quantitative estimate of drug-likeness (QED) is 0.651. The lowest BCUT2D eigenvalue weighted by Crippen LogP contribution is -2.57. The first-order valence-electron chi connectivity index (χ1n) is 10.8. The minimum Gasteiger partial charge on any atom is -0.370 e. The summed E-state index contributed by atoms with van der Waals surface area (Å²) in [5.41, 5.74) is 0.154. The first-order valence-corrected chi connectivity index (χ1v) is 12.0. The number of thiophene rings is 1. The number of carbonyl (C=O) groups is 3. The summed E-state index contributed by atoms with van der Waals surface area (Å²) in [6.45, 7) is 0.912. The number of carbonyl (C=O) groups excluding carboxylic acids is 3. The third-order valence-electron chi connectivity index (χ3n) is 5.94. The molecule has 2 aliphatic rings. The zero-order valence-corrected chi connectivity index (χ0v) is 19.5. The molecule has 0 radical (unpaired) electrons. The molecule has 4 rings (SSSR count). The number of hydrogen-bond acceptors (Lipinski definition) is 5. The van der Waals surface area contributed by atoms with Crippen molar-refractivity contribution in [3.63, 3.8) is 0 Å². The summed E-state index contributed by atoms with van der Waals surface area (Å²) in [5.74, 6) is -0.618. The molecule has 1 aromatic carbocycles. The number of amides is 3. The third kappa shape index (κ3) is 4.85. The van der Waals surface area contributed by atoms with Crippen LogP contribution < -0.4 is 20.3 Å². The van der Waals surface area contributed by atoms with Crippen molar-refractivity contribution >= 4 is 64.7 Å². The Morgan fingerprint density at radius 3 is 2.59 bits per heavy atom. The van der Waals surface area contributed by atoms with Crippen molar-refractivity contribution in [3.05, 3.63) is 40.2 Å². The largest absolute Gasteiger partial charge is 0.370 e. The summed E-state index contributed by atoms with van der Waals surface area (Å²) in [7, 11) is 1.95. The molecule has 1 aliphatic heterocycles. The highest BCUT2D eigenvalue weighted by molar-refractivity contribution is 7.21. The molecule has 2 fully saturated rings. The number of halogens is 1. The zero-order chi connectivity index (χ0) is 22.7. The van der Waals surface area contributed by atoms with E-state index in [0.29, 0.717) is 47.3 Å². The Hall–Kier alpha value is -2.36. The molecule has 2 aromatic rings. The van der Waals surface area contributed by atoms with Crippen LogP contribution in [0.4, 0.5) is 11.4 Å². The van der Waals surface area contributed by atoms with Gasteiger partial charge >= 0.3 is 0 Å². The topological polar surface area (TPSA) is 87.7 Å². The van der Waals surface area contributed by atoms with Gasteiger partial charge in [0.25, 0.3) is 11.8 Å². The van der Waals surface area contributed by atoms with Crippen LogP contribution in [0, 0.1) is 0 Å². The Morgan fingerprint density at radius 1 is 1.16 bits per heavy atom. The second kappa shape index (κ2) is 9.64. The number of benzene rings is 1. The van der Waals surface area contributed by atoms with Gasteiger partial charge in [0.05, 0.1) is 22.2 Å². The molecular formula is C22H25BClN3O4S. The van der Waals surface area contributed by atoms with Crippen molar-refractivity contribution < 1.29 is 19.1 Å². The molecule has 3 amide bonds. The Morgan fingerprint density at radius 2 is 1.94 bits per heavy atom. The predicted octanol–water partition coefficient (Wildman–Crippen LogP) is 2.09. The van der Waals surface area contributed by atoms with Crippen LogP contribution in [0.15, 0.2) is 30.3 Å². The molecule has 0 bridgehead atoms. The minimum absolute atomic E-state index is 0.0286. The van der Waals surface area contributed by atoms with E-state index >= 15 is 0 Å². The van der Waals surface area contributed by atoms with Crippen LogP contribution in [0.25, 0.3) is 0 Å². The highest BCUT2D eigenvalue weighted by Crippen LogP contribution is 2.33. The second-order valence-electron chi connectivity index (χ2n) is 8.23. The fraction of sp³-hybridized carbons (Fsp3) is 0.409. The maximum absolute atomic E-state index is 13.4. The predicted molar refractivity (Wildman–Crippen MR) is 129 cm³/mol. The lowest BCUT2D eigenvalue weighted by atomic mass is 9.80. The van der Waals surface area contributed by atoms with E-state index in [0.717, 1.165) is 24.0 Å². The fourth-order valence-corrected chi connectivity index (χ4v) is 5.27. The van der Waals surface area contributed by atoms with E-state index in [9.17, 15) is 14.4 Å². The average molecular weight is 474 g/mol. The molecule has 0 unspecified atom stereocenters. The lowest BCUT2D eigenvalue weighted by Gasteiger charge is -2.36. The maximum Gasteiger partial charge on any atom is 0.262 e. The Balaban J connectivity index is 1.51. The number of anilines is 2. The summed E-state index contributed by atoms with van der Waals surface area (Å²) in [6, 6.07) is 8.77. The van der Waals surface area contributed by atoms with E-state index in [4.69, 9.17) is 16.3 Å². The van der Waals surface area contributed by atoms with Crippen LogP contribution in [0.2, 0.25) is 5.02 Å². The molecule has 10 heteroatoms. The van der Waals surface area contributed by atoms with Gasteiger partial charge in [0, 0.05) is 12.2 Å². The molecule has 2 heterocycles. The number of ether oxygens (including phenoxy) is 1. The first kappa shape index (κ1) is 22.8. The van der Waals surface area contributed by atoms with E-state index < -0.39 is 5.54 Å². The molecule has 0 spiro atoms. The van der Waals surface area contributed by atoms with Gasteiger partial charge < -0.3 is 20.3 Å². The zero-order valence-electron chi connectivity index (χ0n) is 17.9. The van der Waals surface area contributed by atoms with Gasteiger partial charge in [0.15, 0.2) is 7.85 Å². The van der Waals surface area contributed by atoms with Gasteiger partial charge in [-0.1, -0.05) is 36.9 Å². The Labute approximate surface area is 196 Å². The van der Waals surface area contributed by atoms with Crippen LogP contribution >= 0.6 is 22.9 Å². The van der Waals surface area contributed by atoms with E-state index in [2.05, 4.69) is 10.6 Å². The van der Waals surface area contributed by atoms with E-state index in [1.54, 1.807) is 29.2 Å². The van der Waals surface area contributed by atoms with Crippen molar-refractivity contribution in [2.24, 2.45) is 0 Å². The molecule has 0 atom stereocenters. The van der Waals surface area contributed by atoms with Crippen LogP contribution in [0.5, 0.6) is 0 Å². The van der Waals surface area contributed by atoms with Crippen LogP contribution in [-0.4, -0.2) is 50.9 Å².